The van der Waals surface area contributed by atoms with Crippen LogP contribution in [0.3, 0.4) is 0 Å². The van der Waals surface area contributed by atoms with Gasteiger partial charge < -0.3 is 20.3 Å². The van der Waals surface area contributed by atoms with Crippen molar-refractivity contribution in [1.29, 1.82) is 0 Å². The highest BCUT2D eigenvalue weighted by Crippen LogP contribution is 2.16. The molecule has 2 N–H and O–H groups in total. The summed E-state index contributed by atoms with van der Waals surface area (Å²) in [5, 5.41) is 11.6. The average molecular weight is 519 g/mol. The van der Waals surface area contributed by atoms with Crippen molar-refractivity contribution >= 4 is 29.9 Å². The maximum atomic E-state index is 5.14. The Morgan fingerprint density at radius 3 is 2.90 bits per heavy atom. The highest BCUT2D eigenvalue weighted by atomic mass is 127. The number of ether oxygens (including phenoxy) is 1. The summed E-state index contributed by atoms with van der Waals surface area (Å²) in [4.78, 5) is 11.6. The van der Waals surface area contributed by atoms with Gasteiger partial charge >= 0.3 is 0 Å². The Labute approximate surface area is 192 Å². The normalized spacial score (nSPS) is 22.7. The Balaban J connectivity index is 0.00000300. The van der Waals surface area contributed by atoms with Crippen LogP contribution in [0.1, 0.15) is 57.1 Å². The van der Waals surface area contributed by atoms with Crippen molar-refractivity contribution in [2.75, 3.05) is 33.8 Å². The van der Waals surface area contributed by atoms with Crippen molar-refractivity contribution in [3.8, 4) is 0 Å². The number of piperidine rings is 1. The molecule has 2 aliphatic heterocycles. The van der Waals surface area contributed by atoms with Gasteiger partial charge in [0.05, 0.1) is 6.54 Å². The summed E-state index contributed by atoms with van der Waals surface area (Å²) in [5.41, 5.74) is 0. The van der Waals surface area contributed by atoms with Gasteiger partial charge in [-0.1, -0.05) is 6.42 Å². The first-order valence-corrected chi connectivity index (χ1v) is 10.8. The molecular weight excluding hydrogens is 481 g/mol. The average Bonchev–Trinajstić information content (AvgIpc) is 3.10. The zero-order valence-corrected chi connectivity index (χ0v) is 20.5. The van der Waals surface area contributed by atoms with E-state index in [0.29, 0.717) is 12.6 Å². The van der Waals surface area contributed by atoms with Crippen molar-refractivity contribution in [2.45, 2.75) is 77.1 Å². The van der Waals surface area contributed by atoms with Gasteiger partial charge in [0.2, 0.25) is 0 Å². The Hall–Kier alpha value is -0.940. The van der Waals surface area contributed by atoms with Crippen molar-refractivity contribution in [3.63, 3.8) is 0 Å². The number of aliphatic imine (C=N–C) groups is 1. The molecular formula is C20H38IN7O. The number of halogens is 1. The zero-order valence-electron chi connectivity index (χ0n) is 18.2. The van der Waals surface area contributed by atoms with E-state index in [9.17, 15) is 0 Å². The fourth-order valence-electron chi connectivity index (χ4n) is 4.19. The van der Waals surface area contributed by atoms with Crippen LogP contribution >= 0.6 is 24.0 Å². The van der Waals surface area contributed by atoms with Crippen LogP contribution in [-0.2, 0) is 24.3 Å². The lowest BCUT2D eigenvalue weighted by Crippen LogP contribution is -2.47. The molecule has 2 unspecified atom stereocenters. The SMILES string of the molecule is CN=C(NCCCCN1CCCCC1C)NC1CCc2nc(COC)nn2C1.I. The number of likely N-dealkylation sites (tertiary alicyclic amines) is 1. The molecule has 0 spiro atoms. The Kier molecular flexibility index (Phi) is 10.6. The molecule has 1 aromatic rings. The fraction of sp³-hybridized carbons (Fsp3) is 0.850. The third kappa shape index (κ3) is 7.36. The first-order valence-electron chi connectivity index (χ1n) is 10.8. The van der Waals surface area contributed by atoms with Crippen LogP contribution < -0.4 is 10.6 Å². The molecule has 3 heterocycles. The van der Waals surface area contributed by atoms with Crippen LogP contribution in [0.4, 0.5) is 0 Å². The number of rotatable bonds is 8. The lowest BCUT2D eigenvalue weighted by molar-refractivity contribution is 0.158. The molecule has 0 aliphatic carbocycles. The third-order valence-electron chi connectivity index (χ3n) is 5.84. The van der Waals surface area contributed by atoms with Gasteiger partial charge in [0, 0.05) is 39.2 Å². The molecule has 1 fully saturated rings. The molecule has 0 amide bonds. The Morgan fingerprint density at radius 1 is 1.28 bits per heavy atom. The molecule has 0 bridgehead atoms. The lowest BCUT2D eigenvalue weighted by atomic mass is 10.0. The second-order valence-corrected chi connectivity index (χ2v) is 8.03. The Morgan fingerprint density at radius 2 is 2.14 bits per heavy atom. The zero-order chi connectivity index (χ0) is 19.8. The molecule has 1 aromatic heterocycles. The third-order valence-corrected chi connectivity index (χ3v) is 5.84. The number of nitrogens with zero attached hydrogens (tertiary/aromatic N) is 5. The number of fused-ring (bicyclic) bond motifs is 1. The first-order chi connectivity index (χ1) is 13.7. The van der Waals surface area contributed by atoms with E-state index in [-0.39, 0.29) is 24.0 Å². The van der Waals surface area contributed by atoms with Crippen LogP contribution in [0.5, 0.6) is 0 Å². The molecule has 2 aliphatic rings. The van der Waals surface area contributed by atoms with E-state index in [0.717, 1.165) is 49.6 Å². The monoisotopic (exact) mass is 519 g/mol. The molecule has 0 radical (unpaired) electrons. The minimum Gasteiger partial charge on any atom is -0.377 e. The van der Waals surface area contributed by atoms with Crippen LogP contribution in [0.25, 0.3) is 0 Å². The number of hydrogen-bond acceptors (Lipinski definition) is 5. The second kappa shape index (κ2) is 12.7. The number of hydrogen-bond donors (Lipinski definition) is 2. The number of aromatic nitrogens is 3. The van der Waals surface area contributed by atoms with E-state index in [1.54, 1.807) is 7.11 Å². The summed E-state index contributed by atoms with van der Waals surface area (Å²) in [6, 6.07) is 1.08. The smallest absolute Gasteiger partial charge is 0.191 e. The van der Waals surface area contributed by atoms with Crippen LogP contribution in [-0.4, -0.2) is 71.5 Å². The molecule has 8 nitrogen and oxygen atoms in total. The second-order valence-electron chi connectivity index (χ2n) is 8.03. The van der Waals surface area contributed by atoms with Crippen LogP contribution in [0.15, 0.2) is 4.99 Å². The largest absolute Gasteiger partial charge is 0.377 e. The molecule has 0 saturated carbocycles. The molecule has 9 heteroatoms. The predicted octanol–water partition coefficient (Wildman–Crippen LogP) is 2.18. The van der Waals surface area contributed by atoms with E-state index in [4.69, 9.17) is 4.74 Å². The van der Waals surface area contributed by atoms with Gasteiger partial charge in [0.1, 0.15) is 12.4 Å². The molecule has 3 rings (SSSR count). The lowest BCUT2D eigenvalue weighted by Gasteiger charge is -2.33. The number of aryl methyl sites for hydroxylation is 1. The van der Waals surface area contributed by atoms with Gasteiger partial charge in [-0.05, 0) is 52.1 Å². The summed E-state index contributed by atoms with van der Waals surface area (Å²) in [6.07, 6.45) is 8.49. The van der Waals surface area contributed by atoms with Crippen molar-refractivity contribution in [3.05, 3.63) is 11.6 Å². The van der Waals surface area contributed by atoms with Crippen molar-refractivity contribution in [1.82, 2.24) is 30.3 Å². The molecule has 1 saturated heterocycles. The summed E-state index contributed by atoms with van der Waals surface area (Å²) in [5.74, 6) is 2.71. The molecule has 0 aromatic carbocycles. The van der Waals surface area contributed by atoms with Gasteiger partial charge in [-0.25, -0.2) is 9.67 Å². The molecule has 29 heavy (non-hydrogen) atoms. The molecule has 2 atom stereocenters. The summed E-state index contributed by atoms with van der Waals surface area (Å²) < 4.78 is 7.14. The fourth-order valence-corrected chi connectivity index (χ4v) is 4.19. The van der Waals surface area contributed by atoms with Gasteiger partial charge in [0.25, 0.3) is 0 Å². The van der Waals surface area contributed by atoms with E-state index < -0.39 is 0 Å². The Bertz CT molecular complexity index is 636. The quantitative estimate of drug-likeness (QED) is 0.237. The topological polar surface area (TPSA) is 79.6 Å². The molecule has 166 valence electrons. The summed E-state index contributed by atoms with van der Waals surface area (Å²) >= 11 is 0. The summed E-state index contributed by atoms with van der Waals surface area (Å²) in [6.45, 7) is 7.11. The minimum absolute atomic E-state index is 0. The highest BCUT2D eigenvalue weighted by Gasteiger charge is 2.22. The van der Waals surface area contributed by atoms with E-state index >= 15 is 0 Å². The van der Waals surface area contributed by atoms with Gasteiger partial charge in [0.15, 0.2) is 11.8 Å². The highest BCUT2D eigenvalue weighted by molar-refractivity contribution is 14.0. The maximum absolute atomic E-state index is 5.14. The number of unbranched alkanes of at least 4 members (excludes halogenated alkanes) is 1. The summed E-state index contributed by atoms with van der Waals surface area (Å²) in [7, 11) is 3.51. The van der Waals surface area contributed by atoms with Crippen LogP contribution in [0.2, 0.25) is 0 Å². The van der Waals surface area contributed by atoms with E-state index in [2.05, 4.69) is 37.5 Å². The van der Waals surface area contributed by atoms with Gasteiger partial charge in [-0.2, -0.15) is 5.10 Å². The van der Waals surface area contributed by atoms with Gasteiger partial charge in [-0.15, -0.1) is 24.0 Å². The number of methoxy groups -OCH3 is 1. The van der Waals surface area contributed by atoms with Crippen molar-refractivity contribution in [2.24, 2.45) is 4.99 Å². The standard InChI is InChI=1S/C20H37N7O.HI/c1-16-8-4-6-12-26(16)13-7-5-11-22-20(21-2)23-17-9-10-19-24-18(15-28-3)25-27(19)14-17;/h16-17H,4-15H2,1-3H3,(H2,21,22,23);1H. The maximum Gasteiger partial charge on any atom is 0.191 e. The number of nitrogens with one attached hydrogen (secondary N) is 2. The van der Waals surface area contributed by atoms with Crippen LogP contribution in [0, 0.1) is 0 Å². The van der Waals surface area contributed by atoms with E-state index in [1.165, 1.54) is 45.2 Å². The number of guanidine groups is 1. The van der Waals surface area contributed by atoms with Gasteiger partial charge in [-0.3, -0.25) is 4.99 Å². The van der Waals surface area contributed by atoms with E-state index in [1.807, 2.05) is 11.7 Å². The minimum atomic E-state index is 0. The predicted molar refractivity (Wildman–Crippen MR) is 127 cm³/mol. The van der Waals surface area contributed by atoms with Crippen molar-refractivity contribution < 1.29 is 4.74 Å². The first kappa shape index (κ1) is 24.3.